The number of halogens is 1. The second kappa shape index (κ2) is 9.00. The molecule has 0 aromatic heterocycles. The van der Waals surface area contributed by atoms with E-state index in [1.807, 2.05) is 22.6 Å². The summed E-state index contributed by atoms with van der Waals surface area (Å²) in [5.74, 6) is -0.772. The molecule has 0 heterocycles. The number of rotatable bonds is 7. The van der Waals surface area contributed by atoms with Crippen LogP contribution in [0.1, 0.15) is 24.2 Å². The van der Waals surface area contributed by atoms with Crippen LogP contribution in [-0.4, -0.2) is 24.6 Å². The molecule has 7 nitrogen and oxygen atoms in total. The number of hydrogen-bond acceptors (Lipinski definition) is 7. The lowest BCUT2D eigenvalue weighted by atomic mass is 10.2. The second-order valence-electron chi connectivity index (χ2n) is 3.75. The molecule has 0 aliphatic rings. The van der Waals surface area contributed by atoms with Gasteiger partial charge >= 0.3 is 13.6 Å². The molecule has 0 spiro atoms. The Kier molecular flexibility index (Phi) is 7.68. The molecular formula is C13H14IN2O5P. The number of nitriles is 1. The maximum Gasteiger partial charge on any atom is 0.393 e. The van der Waals surface area contributed by atoms with Crippen molar-refractivity contribution in [1.82, 2.24) is 0 Å². The summed E-state index contributed by atoms with van der Waals surface area (Å²) in [7, 11) is -3.88. The van der Waals surface area contributed by atoms with Crippen molar-refractivity contribution in [2.45, 2.75) is 13.8 Å². The second-order valence-corrected chi connectivity index (χ2v) is 6.93. The maximum absolute atomic E-state index is 12.4. The highest BCUT2D eigenvalue weighted by atomic mass is 127. The molecule has 0 atom stereocenters. The van der Waals surface area contributed by atoms with Gasteiger partial charge in [-0.1, -0.05) is 11.2 Å². The zero-order chi connectivity index (χ0) is 16.6. The highest BCUT2D eigenvalue weighted by molar-refractivity contribution is 14.1. The Morgan fingerprint density at radius 3 is 2.50 bits per heavy atom. The number of hydrogen-bond donors (Lipinski definition) is 0. The van der Waals surface area contributed by atoms with E-state index >= 15 is 0 Å². The summed E-state index contributed by atoms with van der Waals surface area (Å²) >= 11 is 2.04. The van der Waals surface area contributed by atoms with Crippen molar-refractivity contribution in [1.29, 1.82) is 5.26 Å². The standard InChI is InChI=1S/C13H14IN2O5P/c1-3-19-22(18,20-4-2)12(9-15)16-21-13(17)10-6-5-7-11(14)8-10/h5-8H,3-4H2,1-2H3/b16-12+. The van der Waals surface area contributed by atoms with Crippen molar-refractivity contribution < 1.29 is 23.2 Å². The first-order valence-corrected chi connectivity index (χ1v) is 8.93. The fourth-order valence-corrected chi connectivity index (χ4v) is 3.19. The summed E-state index contributed by atoms with van der Waals surface area (Å²) in [4.78, 5) is 16.5. The summed E-state index contributed by atoms with van der Waals surface area (Å²) in [6, 6.07) is 8.20. The molecule has 22 heavy (non-hydrogen) atoms. The molecular weight excluding hydrogens is 422 g/mol. The molecule has 0 saturated carbocycles. The molecule has 0 saturated heterocycles. The minimum Gasteiger partial charge on any atom is -0.311 e. The van der Waals surface area contributed by atoms with Crippen molar-refractivity contribution in [2.75, 3.05) is 13.2 Å². The summed E-state index contributed by atoms with van der Waals surface area (Å²) < 4.78 is 23.1. The quantitative estimate of drug-likeness (QED) is 0.213. The van der Waals surface area contributed by atoms with Crippen molar-refractivity contribution in [2.24, 2.45) is 5.16 Å². The summed E-state index contributed by atoms with van der Waals surface area (Å²) in [6.45, 7) is 3.31. The van der Waals surface area contributed by atoms with E-state index in [0.717, 1.165) is 3.57 Å². The number of nitrogens with zero attached hydrogens (tertiary/aromatic N) is 2. The molecule has 0 aliphatic carbocycles. The lowest BCUT2D eigenvalue weighted by Gasteiger charge is -2.13. The highest BCUT2D eigenvalue weighted by Gasteiger charge is 2.33. The van der Waals surface area contributed by atoms with Gasteiger partial charge in [-0.15, -0.1) is 0 Å². The molecule has 1 aromatic carbocycles. The predicted octanol–water partition coefficient (Wildman–Crippen LogP) is 3.55. The topological polar surface area (TPSA) is 98.0 Å². The Hall–Kier alpha value is -1.27. The van der Waals surface area contributed by atoms with Crippen LogP contribution in [-0.2, 0) is 18.5 Å². The van der Waals surface area contributed by atoms with Crippen LogP contribution in [0.15, 0.2) is 29.4 Å². The van der Waals surface area contributed by atoms with Gasteiger partial charge in [0.2, 0.25) is 0 Å². The third-order valence-electron chi connectivity index (χ3n) is 2.23. The Labute approximate surface area is 141 Å². The Morgan fingerprint density at radius 2 is 2.00 bits per heavy atom. The molecule has 1 rings (SSSR count). The minimum atomic E-state index is -3.88. The molecule has 9 heteroatoms. The van der Waals surface area contributed by atoms with Crippen LogP contribution in [0.2, 0.25) is 0 Å². The molecule has 0 aliphatic heterocycles. The van der Waals surface area contributed by atoms with Gasteiger partial charge in [0.25, 0.3) is 5.45 Å². The van der Waals surface area contributed by atoms with Gasteiger partial charge in [-0.25, -0.2) is 4.79 Å². The summed E-state index contributed by atoms with van der Waals surface area (Å²) in [5, 5.41) is 12.4. The SMILES string of the molecule is CCOP(=O)(OCC)/C(C#N)=N/OC(=O)c1cccc(I)c1. The largest absolute Gasteiger partial charge is 0.393 e. The lowest BCUT2D eigenvalue weighted by molar-refractivity contribution is 0.0517. The molecule has 0 radical (unpaired) electrons. The van der Waals surface area contributed by atoms with Crippen molar-refractivity contribution in [3.8, 4) is 6.07 Å². The monoisotopic (exact) mass is 436 g/mol. The van der Waals surface area contributed by atoms with Crippen molar-refractivity contribution in [3.05, 3.63) is 33.4 Å². The number of carbonyl (C=O) groups excluding carboxylic acids is 1. The minimum absolute atomic E-state index is 0.0583. The summed E-state index contributed by atoms with van der Waals surface area (Å²) in [5.41, 5.74) is -0.342. The molecule has 0 fully saturated rings. The van der Waals surface area contributed by atoms with Crippen LogP contribution in [0.25, 0.3) is 0 Å². The zero-order valence-corrected chi connectivity index (χ0v) is 15.0. The van der Waals surface area contributed by atoms with E-state index in [0.29, 0.717) is 0 Å². The van der Waals surface area contributed by atoms with E-state index < -0.39 is 19.0 Å². The number of oxime groups is 1. The van der Waals surface area contributed by atoms with Gasteiger partial charge in [0.1, 0.15) is 6.07 Å². The van der Waals surface area contributed by atoms with Gasteiger partial charge in [-0.3, -0.25) is 4.57 Å². The highest BCUT2D eigenvalue weighted by Crippen LogP contribution is 2.49. The normalized spacial score (nSPS) is 11.8. The molecule has 0 unspecified atom stereocenters. The van der Waals surface area contributed by atoms with E-state index in [9.17, 15) is 9.36 Å². The fourth-order valence-electron chi connectivity index (χ4n) is 1.38. The van der Waals surface area contributed by atoms with Crippen LogP contribution < -0.4 is 0 Å². The maximum atomic E-state index is 12.4. The van der Waals surface area contributed by atoms with Crippen LogP contribution in [0, 0.1) is 14.9 Å². The van der Waals surface area contributed by atoms with Gasteiger partial charge in [0.05, 0.1) is 18.8 Å². The third-order valence-corrected chi connectivity index (χ3v) is 4.80. The zero-order valence-electron chi connectivity index (χ0n) is 12.0. The van der Waals surface area contributed by atoms with Crippen LogP contribution >= 0.6 is 30.2 Å². The Bertz CT molecular complexity index is 646. The van der Waals surface area contributed by atoms with Gasteiger partial charge in [0, 0.05) is 3.57 Å². The molecule has 0 N–H and O–H groups in total. The number of carbonyl (C=O) groups is 1. The smallest absolute Gasteiger partial charge is 0.311 e. The van der Waals surface area contributed by atoms with E-state index in [-0.39, 0.29) is 18.8 Å². The first-order chi connectivity index (χ1) is 10.5. The molecule has 0 amide bonds. The van der Waals surface area contributed by atoms with E-state index in [1.165, 1.54) is 6.07 Å². The first-order valence-electron chi connectivity index (χ1n) is 6.31. The molecule has 118 valence electrons. The molecule has 0 bridgehead atoms. The average molecular weight is 436 g/mol. The van der Waals surface area contributed by atoms with Crippen molar-refractivity contribution in [3.63, 3.8) is 0 Å². The first kappa shape index (κ1) is 18.8. The van der Waals surface area contributed by atoms with Crippen LogP contribution in [0.5, 0.6) is 0 Å². The Balaban J connectivity index is 2.95. The van der Waals surface area contributed by atoms with Crippen LogP contribution in [0.3, 0.4) is 0 Å². The van der Waals surface area contributed by atoms with Gasteiger partial charge in [0.15, 0.2) is 0 Å². The van der Waals surface area contributed by atoms with E-state index in [4.69, 9.17) is 14.3 Å². The lowest BCUT2D eigenvalue weighted by Crippen LogP contribution is -2.08. The van der Waals surface area contributed by atoms with Crippen LogP contribution in [0.4, 0.5) is 0 Å². The Morgan fingerprint density at radius 1 is 1.36 bits per heavy atom. The third kappa shape index (κ3) is 5.18. The van der Waals surface area contributed by atoms with E-state index in [2.05, 4.69) is 9.99 Å². The van der Waals surface area contributed by atoms with Gasteiger partial charge in [-0.2, -0.15) is 5.26 Å². The van der Waals surface area contributed by atoms with Gasteiger partial charge in [-0.05, 0) is 54.6 Å². The van der Waals surface area contributed by atoms with Gasteiger partial charge < -0.3 is 13.9 Å². The number of benzene rings is 1. The molecule has 1 aromatic rings. The van der Waals surface area contributed by atoms with Crippen molar-refractivity contribution >= 4 is 41.6 Å². The fraction of sp³-hybridized carbons (Fsp3) is 0.308. The predicted molar refractivity (Wildman–Crippen MR) is 88.5 cm³/mol. The van der Waals surface area contributed by atoms with E-state index in [1.54, 1.807) is 38.1 Å². The summed E-state index contributed by atoms with van der Waals surface area (Å²) in [6.07, 6.45) is 0. The average Bonchev–Trinajstić information content (AvgIpc) is 2.48.